The van der Waals surface area contributed by atoms with Gasteiger partial charge in [0.25, 0.3) is 0 Å². The molecule has 1 atom stereocenters. The summed E-state index contributed by atoms with van der Waals surface area (Å²) in [4.78, 5) is 27.2. The molecule has 9 heteroatoms. The van der Waals surface area contributed by atoms with E-state index in [1.807, 2.05) is 25.3 Å². The monoisotopic (exact) mass is 445 g/mol. The maximum absolute atomic E-state index is 12.9. The van der Waals surface area contributed by atoms with Crippen molar-refractivity contribution in [2.45, 2.75) is 19.9 Å². The van der Waals surface area contributed by atoms with Gasteiger partial charge in [-0.05, 0) is 36.9 Å². The van der Waals surface area contributed by atoms with Crippen LogP contribution in [0, 0.1) is 6.92 Å². The Hall–Kier alpha value is -2.42. The van der Waals surface area contributed by atoms with E-state index in [1.165, 1.54) is 0 Å². The van der Waals surface area contributed by atoms with E-state index in [0.29, 0.717) is 16.5 Å². The Labute approximate surface area is 184 Å². The predicted molar refractivity (Wildman–Crippen MR) is 122 cm³/mol. The number of hydrogen-bond donors (Lipinski definition) is 1. The number of rotatable bonds is 5. The van der Waals surface area contributed by atoms with Crippen LogP contribution in [0.4, 0.5) is 11.5 Å². The van der Waals surface area contributed by atoms with E-state index in [4.69, 9.17) is 16.3 Å². The first-order chi connectivity index (χ1) is 14.5. The molecule has 0 radical (unpaired) electrons. The lowest BCUT2D eigenvalue weighted by molar-refractivity contribution is -0.120. The maximum atomic E-state index is 12.9. The molecule has 30 heavy (non-hydrogen) atoms. The zero-order valence-corrected chi connectivity index (χ0v) is 18.8. The lowest BCUT2D eigenvalue weighted by atomic mass is 10.1. The van der Waals surface area contributed by atoms with Gasteiger partial charge in [0.05, 0.1) is 24.2 Å². The number of ether oxygens (including phenoxy) is 1. The largest absolute Gasteiger partial charge is 0.495 e. The van der Waals surface area contributed by atoms with Gasteiger partial charge in [0, 0.05) is 37.3 Å². The van der Waals surface area contributed by atoms with Crippen molar-refractivity contribution in [2.75, 3.05) is 43.5 Å². The highest BCUT2D eigenvalue weighted by Crippen LogP contribution is 2.31. The third-order valence-electron chi connectivity index (χ3n) is 5.52. The summed E-state index contributed by atoms with van der Waals surface area (Å²) in [5, 5.41) is 6.73. The highest BCUT2D eigenvalue weighted by molar-refractivity contribution is 7.16. The molecule has 2 aromatic heterocycles. The number of thiophene rings is 1. The lowest BCUT2D eigenvalue weighted by Gasteiger charge is -2.38. The number of hydrogen-bond acceptors (Lipinski definition) is 7. The molecule has 1 fully saturated rings. The Morgan fingerprint density at radius 1 is 1.27 bits per heavy atom. The highest BCUT2D eigenvalue weighted by Gasteiger charge is 2.27. The fourth-order valence-electron chi connectivity index (χ4n) is 3.68. The summed E-state index contributed by atoms with van der Waals surface area (Å²) in [5.74, 6) is 1.46. The molecule has 1 amide bonds. The molecule has 1 saturated heterocycles. The summed E-state index contributed by atoms with van der Waals surface area (Å²) in [6.07, 6.45) is 1.62. The molecule has 3 heterocycles. The molecule has 1 aromatic carbocycles. The average Bonchev–Trinajstić information content (AvgIpc) is 3.24. The van der Waals surface area contributed by atoms with Gasteiger partial charge in [-0.25, -0.2) is 9.97 Å². The summed E-state index contributed by atoms with van der Waals surface area (Å²) >= 11 is 7.79. The van der Waals surface area contributed by atoms with Crippen molar-refractivity contribution in [3.8, 4) is 5.75 Å². The van der Waals surface area contributed by atoms with Crippen LogP contribution in [0.1, 0.15) is 12.5 Å². The molecule has 4 rings (SSSR count). The first-order valence-corrected chi connectivity index (χ1v) is 11.1. The number of carbonyl (C=O) groups excluding carboxylic acids is 1. The van der Waals surface area contributed by atoms with Crippen LogP contribution in [-0.2, 0) is 4.79 Å². The molecule has 0 spiro atoms. The van der Waals surface area contributed by atoms with Gasteiger partial charge in [0.1, 0.15) is 22.7 Å². The first-order valence-electron chi connectivity index (χ1n) is 9.80. The molecule has 0 saturated carbocycles. The van der Waals surface area contributed by atoms with Crippen molar-refractivity contribution < 1.29 is 9.53 Å². The van der Waals surface area contributed by atoms with Crippen LogP contribution in [0.15, 0.2) is 29.9 Å². The number of aryl methyl sites for hydroxylation is 1. The second-order valence-electron chi connectivity index (χ2n) is 7.33. The first kappa shape index (κ1) is 20.8. The maximum Gasteiger partial charge on any atom is 0.241 e. The van der Waals surface area contributed by atoms with Gasteiger partial charge in [-0.15, -0.1) is 11.3 Å². The molecule has 1 N–H and O–H groups in total. The predicted octanol–water partition coefficient (Wildman–Crippen LogP) is 3.81. The summed E-state index contributed by atoms with van der Waals surface area (Å²) in [7, 11) is 1.57. The van der Waals surface area contributed by atoms with E-state index in [9.17, 15) is 4.79 Å². The number of aromatic nitrogens is 2. The molecule has 0 aliphatic carbocycles. The summed E-state index contributed by atoms with van der Waals surface area (Å²) < 4.78 is 5.37. The van der Waals surface area contributed by atoms with Crippen LogP contribution in [0.25, 0.3) is 10.2 Å². The lowest BCUT2D eigenvalue weighted by Crippen LogP contribution is -2.53. The molecule has 7 nitrogen and oxygen atoms in total. The Morgan fingerprint density at radius 3 is 2.77 bits per heavy atom. The number of piperazine rings is 1. The number of amides is 1. The van der Waals surface area contributed by atoms with Crippen molar-refractivity contribution in [3.63, 3.8) is 0 Å². The van der Waals surface area contributed by atoms with Crippen molar-refractivity contribution in [1.82, 2.24) is 14.9 Å². The van der Waals surface area contributed by atoms with E-state index in [0.717, 1.165) is 47.8 Å². The third kappa shape index (κ3) is 4.08. The van der Waals surface area contributed by atoms with E-state index in [1.54, 1.807) is 30.8 Å². The van der Waals surface area contributed by atoms with E-state index in [2.05, 4.69) is 31.2 Å². The summed E-state index contributed by atoms with van der Waals surface area (Å²) in [6, 6.07) is 5.37. The molecule has 0 bridgehead atoms. The van der Waals surface area contributed by atoms with Crippen LogP contribution >= 0.6 is 22.9 Å². The fourth-order valence-corrected chi connectivity index (χ4v) is 4.56. The van der Waals surface area contributed by atoms with Gasteiger partial charge in [-0.1, -0.05) is 11.6 Å². The van der Waals surface area contributed by atoms with Gasteiger partial charge in [-0.3, -0.25) is 9.69 Å². The highest BCUT2D eigenvalue weighted by atomic mass is 35.5. The molecular weight excluding hydrogens is 422 g/mol. The topological polar surface area (TPSA) is 70.6 Å². The van der Waals surface area contributed by atoms with Crippen molar-refractivity contribution in [1.29, 1.82) is 0 Å². The minimum absolute atomic E-state index is 0.0641. The molecule has 158 valence electrons. The molecular formula is C21H24ClN5O2S. The summed E-state index contributed by atoms with van der Waals surface area (Å²) in [6.45, 7) is 7.01. The van der Waals surface area contributed by atoms with Crippen LogP contribution in [0.2, 0.25) is 5.02 Å². The fraction of sp³-hybridized carbons (Fsp3) is 0.381. The Balaban J connectivity index is 1.41. The molecule has 1 aliphatic rings. The second kappa shape index (κ2) is 8.75. The van der Waals surface area contributed by atoms with Gasteiger partial charge < -0.3 is 15.0 Å². The molecule has 1 aliphatic heterocycles. The zero-order chi connectivity index (χ0) is 21.3. The van der Waals surface area contributed by atoms with Crippen molar-refractivity contribution >= 4 is 50.6 Å². The van der Waals surface area contributed by atoms with Gasteiger partial charge >= 0.3 is 0 Å². The second-order valence-corrected chi connectivity index (χ2v) is 8.63. The number of fused-ring (bicyclic) bond motifs is 1. The zero-order valence-electron chi connectivity index (χ0n) is 17.2. The number of nitrogens with one attached hydrogen (secondary N) is 1. The van der Waals surface area contributed by atoms with Crippen molar-refractivity contribution in [3.05, 3.63) is 40.5 Å². The molecule has 3 aromatic rings. The van der Waals surface area contributed by atoms with Crippen LogP contribution in [-0.4, -0.2) is 60.1 Å². The summed E-state index contributed by atoms with van der Waals surface area (Å²) in [5.41, 5.74) is 1.52. The number of carbonyl (C=O) groups is 1. The number of halogens is 1. The minimum atomic E-state index is -0.264. The third-order valence-corrected chi connectivity index (χ3v) is 6.75. The van der Waals surface area contributed by atoms with E-state index >= 15 is 0 Å². The number of benzene rings is 1. The van der Waals surface area contributed by atoms with Crippen LogP contribution in [0.3, 0.4) is 0 Å². The SMILES string of the molecule is COc1cc(Cl)c(C)cc1NC(=O)C(C)N1CCN(c2ncnc3sccc23)CC1. The quantitative estimate of drug-likeness (QED) is 0.644. The molecule has 1 unspecified atom stereocenters. The number of nitrogens with zero attached hydrogens (tertiary/aromatic N) is 4. The van der Waals surface area contributed by atoms with Gasteiger partial charge in [-0.2, -0.15) is 0 Å². The average molecular weight is 446 g/mol. The van der Waals surface area contributed by atoms with Gasteiger partial charge in [0.15, 0.2) is 0 Å². The standard InChI is InChI=1S/C21H24ClN5O2S/c1-13-10-17(18(29-3)11-16(13)22)25-20(28)14(2)26-5-7-27(8-6-26)19-15-4-9-30-21(15)24-12-23-19/h4,9-12,14H,5-8H2,1-3H3,(H,25,28). The smallest absolute Gasteiger partial charge is 0.241 e. The Morgan fingerprint density at radius 2 is 2.03 bits per heavy atom. The van der Waals surface area contributed by atoms with Crippen LogP contribution in [0.5, 0.6) is 5.75 Å². The van der Waals surface area contributed by atoms with E-state index in [-0.39, 0.29) is 11.9 Å². The van der Waals surface area contributed by atoms with Crippen molar-refractivity contribution in [2.24, 2.45) is 0 Å². The Kier molecular flexibility index (Phi) is 6.08. The van der Waals surface area contributed by atoms with Gasteiger partial charge in [0.2, 0.25) is 5.91 Å². The van der Waals surface area contributed by atoms with E-state index < -0.39 is 0 Å². The minimum Gasteiger partial charge on any atom is -0.495 e. The Bertz CT molecular complexity index is 1060. The normalized spacial score (nSPS) is 15.9. The number of anilines is 2. The number of methoxy groups -OCH3 is 1. The van der Waals surface area contributed by atoms with Crippen LogP contribution < -0.4 is 15.0 Å².